The first-order valence-electron chi connectivity index (χ1n) is 12.8. The number of fused-ring (bicyclic) bond motifs is 5. The summed E-state index contributed by atoms with van der Waals surface area (Å²) in [6.45, 7) is 4.22. The molecule has 0 bridgehead atoms. The van der Waals surface area contributed by atoms with E-state index < -0.39 is 0 Å². The molecule has 3 heterocycles. The van der Waals surface area contributed by atoms with E-state index in [0.29, 0.717) is 34.7 Å². The van der Waals surface area contributed by atoms with Crippen LogP contribution in [0.5, 0.6) is 17.2 Å². The maximum atomic E-state index is 12.7. The molecule has 0 N–H and O–H groups in total. The fourth-order valence-corrected chi connectivity index (χ4v) is 4.67. The van der Waals surface area contributed by atoms with E-state index in [2.05, 4.69) is 24.3 Å². The van der Waals surface area contributed by atoms with Crippen molar-refractivity contribution in [1.29, 1.82) is 0 Å². The number of benzene rings is 2. The van der Waals surface area contributed by atoms with Crippen LogP contribution in [-0.2, 0) is 11.2 Å². The third-order valence-electron chi connectivity index (χ3n) is 6.58. The SMILES string of the molecule is CCCCC(=O)Oc1cn(-c2ccc(OC)c(OC)c2)c2nc(CCCC)n3c4ccccc4nc3c12. The van der Waals surface area contributed by atoms with Gasteiger partial charge in [-0.2, -0.15) is 0 Å². The maximum Gasteiger partial charge on any atom is 0.311 e. The minimum Gasteiger partial charge on any atom is -0.493 e. The first kappa shape index (κ1) is 24.6. The lowest BCUT2D eigenvalue weighted by Crippen LogP contribution is -2.07. The van der Waals surface area contributed by atoms with E-state index in [1.807, 2.05) is 47.2 Å². The highest BCUT2D eigenvalue weighted by molar-refractivity contribution is 6.01. The molecule has 8 nitrogen and oxygen atoms in total. The van der Waals surface area contributed by atoms with Crippen molar-refractivity contribution < 1.29 is 19.0 Å². The van der Waals surface area contributed by atoms with Gasteiger partial charge in [0.15, 0.2) is 28.5 Å². The van der Waals surface area contributed by atoms with Crippen LogP contribution >= 0.6 is 0 Å². The van der Waals surface area contributed by atoms with Crippen LogP contribution in [0.2, 0.25) is 0 Å². The summed E-state index contributed by atoms with van der Waals surface area (Å²) in [5, 5.41) is 0.705. The Bertz CT molecular complexity index is 1580. The molecule has 0 aliphatic carbocycles. The van der Waals surface area contributed by atoms with Crippen LogP contribution in [0, 0.1) is 0 Å². The molecule has 37 heavy (non-hydrogen) atoms. The Balaban J connectivity index is 1.81. The van der Waals surface area contributed by atoms with Gasteiger partial charge in [0.2, 0.25) is 0 Å². The van der Waals surface area contributed by atoms with Gasteiger partial charge in [-0.15, -0.1) is 0 Å². The molecule has 192 valence electrons. The Morgan fingerprint density at radius 1 is 0.892 bits per heavy atom. The first-order chi connectivity index (χ1) is 18.1. The van der Waals surface area contributed by atoms with Gasteiger partial charge in [0.25, 0.3) is 0 Å². The standard InChI is InChI=1S/C29H32N4O4/c1-5-7-13-25-31-28-27(29-30-20-11-9-10-12-21(20)33(25)29)24(37-26(34)14-8-6-2)18-32(28)19-15-16-22(35-3)23(17-19)36-4/h9-12,15-18H,5-8,13-14H2,1-4H3. The molecule has 8 heteroatoms. The highest BCUT2D eigenvalue weighted by atomic mass is 16.5. The molecule has 5 rings (SSSR count). The molecular formula is C29H32N4O4. The number of esters is 1. The Hall–Kier alpha value is -4.07. The van der Waals surface area contributed by atoms with Crippen LogP contribution in [0.25, 0.3) is 33.4 Å². The van der Waals surface area contributed by atoms with E-state index >= 15 is 0 Å². The van der Waals surface area contributed by atoms with Gasteiger partial charge in [-0.25, -0.2) is 9.97 Å². The number of ether oxygens (including phenoxy) is 3. The van der Waals surface area contributed by atoms with Gasteiger partial charge in [0.1, 0.15) is 11.2 Å². The summed E-state index contributed by atoms with van der Waals surface area (Å²) in [5.74, 6) is 2.33. The Labute approximate surface area is 215 Å². The second-order valence-electron chi connectivity index (χ2n) is 9.07. The van der Waals surface area contributed by atoms with Crippen molar-refractivity contribution in [3.05, 3.63) is 54.5 Å². The van der Waals surface area contributed by atoms with Crippen molar-refractivity contribution in [3.8, 4) is 22.9 Å². The number of para-hydroxylation sites is 2. The lowest BCUT2D eigenvalue weighted by atomic mass is 10.2. The summed E-state index contributed by atoms with van der Waals surface area (Å²) in [7, 11) is 3.22. The zero-order valence-corrected chi connectivity index (χ0v) is 21.8. The second-order valence-corrected chi connectivity index (χ2v) is 9.07. The summed E-state index contributed by atoms with van der Waals surface area (Å²) in [4.78, 5) is 22.9. The zero-order chi connectivity index (χ0) is 25.9. The van der Waals surface area contributed by atoms with Gasteiger partial charge in [0, 0.05) is 18.9 Å². The molecule has 5 aromatic rings. The summed E-state index contributed by atoms with van der Waals surface area (Å²) in [6.07, 6.45) is 6.71. The largest absolute Gasteiger partial charge is 0.493 e. The predicted octanol–water partition coefficient (Wildman–Crippen LogP) is 6.28. The summed E-state index contributed by atoms with van der Waals surface area (Å²) in [6, 6.07) is 13.7. The normalized spacial score (nSPS) is 11.5. The van der Waals surface area contributed by atoms with Crippen molar-refractivity contribution in [2.24, 2.45) is 0 Å². The number of carbonyl (C=O) groups is 1. The number of unbranched alkanes of at least 4 members (excludes halogenated alkanes) is 2. The van der Waals surface area contributed by atoms with Crippen LogP contribution in [0.15, 0.2) is 48.7 Å². The fourth-order valence-electron chi connectivity index (χ4n) is 4.67. The molecule has 0 aliphatic heterocycles. The molecular weight excluding hydrogens is 468 g/mol. The second kappa shape index (κ2) is 10.5. The Morgan fingerprint density at radius 2 is 1.68 bits per heavy atom. The zero-order valence-electron chi connectivity index (χ0n) is 21.8. The van der Waals surface area contributed by atoms with Crippen LogP contribution in [0.3, 0.4) is 0 Å². The summed E-state index contributed by atoms with van der Waals surface area (Å²) < 4.78 is 21.0. The Kier molecular flexibility index (Phi) is 6.99. The Morgan fingerprint density at radius 3 is 2.43 bits per heavy atom. The van der Waals surface area contributed by atoms with Crippen LogP contribution in [-0.4, -0.2) is 39.1 Å². The van der Waals surface area contributed by atoms with Crippen LogP contribution in [0.1, 0.15) is 51.8 Å². The van der Waals surface area contributed by atoms with E-state index in [-0.39, 0.29) is 5.97 Å². The molecule has 3 aromatic heterocycles. The van der Waals surface area contributed by atoms with Crippen molar-refractivity contribution in [3.63, 3.8) is 0 Å². The predicted molar refractivity (Wildman–Crippen MR) is 144 cm³/mol. The van der Waals surface area contributed by atoms with E-state index in [1.165, 1.54) is 0 Å². The monoisotopic (exact) mass is 500 g/mol. The molecule has 0 unspecified atom stereocenters. The van der Waals surface area contributed by atoms with E-state index in [9.17, 15) is 4.79 Å². The van der Waals surface area contributed by atoms with Gasteiger partial charge in [0.05, 0.1) is 37.1 Å². The van der Waals surface area contributed by atoms with Crippen molar-refractivity contribution >= 4 is 33.7 Å². The number of methoxy groups -OCH3 is 2. The van der Waals surface area contributed by atoms with Crippen molar-refractivity contribution in [2.45, 2.75) is 52.4 Å². The average molecular weight is 501 g/mol. The van der Waals surface area contributed by atoms with Crippen LogP contribution in [0.4, 0.5) is 0 Å². The number of aryl methyl sites for hydroxylation is 1. The minimum absolute atomic E-state index is 0.266. The highest BCUT2D eigenvalue weighted by Crippen LogP contribution is 2.37. The van der Waals surface area contributed by atoms with E-state index in [1.54, 1.807) is 14.2 Å². The molecule has 0 atom stereocenters. The first-order valence-corrected chi connectivity index (χ1v) is 12.8. The fraction of sp³-hybridized carbons (Fsp3) is 0.345. The average Bonchev–Trinajstić information content (AvgIpc) is 3.48. The lowest BCUT2D eigenvalue weighted by Gasteiger charge is -2.12. The lowest BCUT2D eigenvalue weighted by molar-refractivity contribution is -0.134. The number of aromatic nitrogens is 4. The van der Waals surface area contributed by atoms with E-state index in [0.717, 1.165) is 60.3 Å². The van der Waals surface area contributed by atoms with Gasteiger partial charge >= 0.3 is 5.97 Å². The third-order valence-corrected chi connectivity index (χ3v) is 6.58. The number of nitrogens with zero attached hydrogens (tertiary/aromatic N) is 4. The van der Waals surface area contributed by atoms with Crippen LogP contribution < -0.4 is 14.2 Å². The van der Waals surface area contributed by atoms with Gasteiger partial charge < -0.3 is 14.2 Å². The smallest absolute Gasteiger partial charge is 0.311 e. The van der Waals surface area contributed by atoms with Gasteiger partial charge in [-0.3, -0.25) is 13.8 Å². The number of carbonyl (C=O) groups excluding carboxylic acids is 1. The molecule has 0 amide bonds. The van der Waals surface area contributed by atoms with E-state index in [4.69, 9.17) is 24.2 Å². The molecule has 0 spiro atoms. The number of hydrogen-bond donors (Lipinski definition) is 0. The summed E-state index contributed by atoms with van der Waals surface area (Å²) >= 11 is 0. The molecule has 0 saturated carbocycles. The van der Waals surface area contributed by atoms with Crippen molar-refractivity contribution in [2.75, 3.05) is 14.2 Å². The number of hydrogen-bond acceptors (Lipinski definition) is 6. The third kappa shape index (κ3) is 4.48. The molecule has 0 fully saturated rings. The highest BCUT2D eigenvalue weighted by Gasteiger charge is 2.23. The van der Waals surface area contributed by atoms with Gasteiger partial charge in [-0.1, -0.05) is 38.8 Å². The molecule has 2 aromatic carbocycles. The maximum absolute atomic E-state index is 12.7. The summed E-state index contributed by atoms with van der Waals surface area (Å²) in [5.41, 5.74) is 4.08. The van der Waals surface area contributed by atoms with Gasteiger partial charge in [-0.05, 0) is 37.1 Å². The topological polar surface area (TPSA) is 79.9 Å². The number of imidazole rings is 1. The number of rotatable bonds is 10. The molecule has 0 radical (unpaired) electrons. The molecule has 0 saturated heterocycles. The molecule has 0 aliphatic rings. The van der Waals surface area contributed by atoms with Crippen molar-refractivity contribution in [1.82, 2.24) is 18.9 Å². The minimum atomic E-state index is -0.266. The quantitative estimate of drug-likeness (QED) is 0.210.